The molecule has 1 aliphatic heterocycles. The molecule has 0 aliphatic carbocycles. The number of hydrogen-bond donors (Lipinski definition) is 1. The summed E-state index contributed by atoms with van der Waals surface area (Å²) in [6.07, 6.45) is -0.995. The Morgan fingerprint density at radius 1 is 0.906 bits per heavy atom. The molecule has 0 unspecified atom stereocenters. The summed E-state index contributed by atoms with van der Waals surface area (Å²) >= 11 is 0. The Kier molecular flexibility index (Phi) is 5.69. The highest BCUT2D eigenvalue weighted by atomic mass is 32.2. The molecule has 1 heterocycles. The molecule has 1 aliphatic rings. The highest BCUT2D eigenvalue weighted by Crippen LogP contribution is 2.38. The molecule has 3 aromatic rings. The predicted octanol–water partition coefficient (Wildman–Crippen LogP) is 4.52. The molecule has 0 saturated heterocycles. The fourth-order valence-electron chi connectivity index (χ4n) is 3.65. The Morgan fingerprint density at radius 2 is 1.53 bits per heavy atom. The lowest BCUT2D eigenvalue weighted by Gasteiger charge is -2.35. The molecule has 6 nitrogen and oxygen atoms in total. The second-order valence-corrected chi connectivity index (χ2v) is 10.1. The number of nitrogens with zero attached hydrogens (tertiary/aromatic N) is 1. The van der Waals surface area contributed by atoms with Gasteiger partial charge in [0, 0.05) is 5.69 Å². The van der Waals surface area contributed by atoms with E-state index in [2.05, 4.69) is 5.32 Å². The van der Waals surface area contributed by atoms with Crippen molar-refractivity contribution < 1.29 is 17.9 Å². The van der Waals surface area contributed by atoms with Gasteiger partial charge in [0.2, 0.25) is 0 Å². The number of carbonyl (C=O) groups is 1. The van der Waals surface area contributed by atoms with Crippen molar-refractivity contribution in [1.29, 1.82) is 0 Å². The van der Waals surface area contributed by atoms with Gasteiger partial charge in [0.25, 0.3) is 15.9 Å². The molecule has 4 rings (SSSR count). The van der Waals surface area contributed by atoms with Crippen LogP contribution in [0.5, 0.6) is 5.75 Å². The molecule has 3 aromatic carbocycles. The summed E-state index contributed by atoms with van der Waals surface area (Å²) in [5.74, 6) is -0.0346. The predicted molar refractivity (Wildman–Crippen MR) is 126 cm³/mol. The van der Waals surface area contributed by atoms with Gasteiger partial charge >= 0.3 is 0 Å². The summed E-state index contributed by atoms with van der Waals surface area (Å²) in [4.78, 5) is 13.3. The number of fused-ring (bicyclic) bond motifs is 1. The van der Waals surface area contributed by atoms with Crippen molar-refractivity contribution in [1.82, 2.24) is 0 Å². The Bertz CT molecular complexity index is 1280. The fourth-order valence-corrected chi connectivity index (χ4v) is 5.11. The number of carbonyl (C=O) groups excluding carboxylic acids is 1. The molecule has 0 saturated carbocycles. The fraction of sp³-hybridized carbons (Fsp3) is 0.240. The van der Waals surface area contributed by atoms with Crippen LogP contribution in [-0.4, -0.2) is 27.0 Å². The second-order valence-electron chi connectivity index (χ2n) is 8.23. The van der Waals surface area contributed by atoms with Gasteiger partial charge in [-0.15, -0.1) is 0 Å². The van der Waals surface area contributed by atoms with E-state index >= 15 is 0 Å². The number of rotatable bonds is 4. The lowest BCUT2D eigenvalue weighted by Crippen LogP contribution is -2.48. The number of aryl methyl sites for hydroxylation is 4. The standard InChI is InChI=1S/C25H26N2O4S/c1-16-6-10-20(11-7-16)32(29,30)27-15-24(31-23-12-8-18(3)14-22(23)27)25(28)26-21-13-17(2)5-9-19(21)4/h5-14,24H,15H2,1-4H3,(H,26,28)/t24-/m0/s1. The van der Waals surface area contributed by atoms with Crippen molar-refractivity contribution in [3.05, 3.63) is 82.9 Å². The van der Waals surface area contributed by atoms with Crippen LogP contribution in [0.4, 0.5) is 11.4 Å². The first-order chi connectivity index (χ1) is 15.1. The first kappa shape index (κ1) is 21.9. The zero-order chi connectivity index (χ0) is 23.0. The van der Waals surface area contributed by atoms with Gasteiger partial charge in [0.15, 0.2) is 6.10 Å². The molecular weight excluding hydrogens is 424 g/mol. The molecule has 166 valence electrons. The second kappa shape index (κ2) is 8.31. The van der Waals surface area contributed by atoms with E-state index in [0.717, 1.165) is 22.3 Å². The Hall–Kier alpha value is -3.32. The average molecular weight is 451 g/mol. The molecule has 32 heavy (non-hydrogen) atoms. The van der Waals surface area contributed by atoms with Gasteiger partial charge in [-0.05, 0) is 74.7 Å². The van der Waals surface area contributed by atoms with Crippen molar-refractivity contribution in [2.24, 2.45) is 0 Å². The highest BCUT2D eigenvalue weighted by molar-refractivity contribution is 7.92. The third-order valence-corrected chi connectivity index (χ3v) is 7.33. The van der Waals surface area contributed by atoms with Gasteiger partial charge in [-0.25, -0.2) is 8.42 Å². The van der Waals surface area contributed by atoms with Crippen LogP contribution in [0.2, 0.25) is 0 Å². The molecule has 0 radical (unpaired) electrons. The van der Waals surface area contributed by atoms with E-state index in [4.69, 9.17) is 4.74 Å². The maximum absolute atomic E-state index is 13.5. The topological polar surface area (TPSA) is 75.7 Å². The first-order valence-electron chi connectivity index (χ1n) is 10.4. The first-order valence-corrected chi connectivity index (χ1v) is 11.8. The van der Waals surface area contributed by atoms with Crippen molar-refractivity contribution in [3.63, 3.8) is 0 Å². The Morgan fingerprint density at radius 3 is 2.25 bits per heavy atom. The van der Waals surface area contributed by atoms with Crippen LogP contribution < -0.4 is 14.4 Å². The van der Waals surface area contributed by atoms with Crippen molar-refractivity contribution in [2.45, 2.75) is 38.7 Å². The van der Waals surface area contributed by atoms with Crippen LogP contribution >= 0.6 is 0 Å². The molecule has 0 spiro atoms. The molecular formula is C25H26N2O4S. The summed E-state index contributed by atoms with van der Waals surface area (Å²) in [5.41, 5.74) is 4.91. The van der Waals surface area contributed by atoms with Crippen molar-refractivity contribution in [3.8, 4) is 5.75 Å². The molecule has 1 amide bonds. The minimum absolute atomic E-state index is 0.122. The van der Waals surface area contributed by atoms with Crippen LogP contribution in [0.1, 0.15) is 22.3 Å². The number of ether oxygens (including phenoxy) is 1. The van der Waals surface area contributed by atoms with E-state index in [9.17, 15) is 13.2 Å². The third kappa shape index (κ3) is 4.21. The van der Waals surface area contributed by atoms with Crippen LogP contribution in [0.25, 0.3) is 0 Å². The maximum Gasteiger partial charge on any atom is 0.267 e. The number of amides is 1. The number of benzene rings is 3. The van der Waals surface area contributed by atoms with Gasteiger partial charge in [-0.2, -0.15) is 0 Å². The lowest BCUT2D eigenvalue weighted by atomic mass is 10.1. The van der Waals surface area contributed by atoms with Gasteiger partial charge in [-0.3, -0.25) is 9.10 Å². The molecule has 0 bridgehead atoms. The smallest absolute Gasteiger partial charge is 0.267 e. The summed E-state index contributed by atoms with van der Waals surface area (Å²) in [6, 6.07) is 17.8. The summed E-state index contributed by atoms with van der Waals surface area (Å²) in [6.45, 7) is 7.51. The number of hydrogen-bond acceptors (Lipinski definition) is 4. The summed E-state index contributed by atoms with van der Waals surface area (Å²) in [7, 11) is -3.89. The Labute approximate surface area is 188 Å². The van der Waals surface area contributed by atoms with Crippen molar-refractivity contribution in [2.75, 3.05) is 16.2 Å². The number of nitrogens with one attached hydrogen (secondary N) is 1. The monoisotopic (exact) mass is 450 g/mol. The maximum atomic E-state index is 13.5. The van der Waals surface area contributed by atoms with E-state index in [1.165, 1.54) is 4.31 Å². The lowest BCUT2D eigenvalue weighted by molar-refractivity contribution is -0.122. The molecule has 1 atom stereocenters. The van der Waals surface area contributed by atoms with Crippen LogP contribution in [0.3, 0.4) is 0 Å². The van der Waals surface area contributed by atoms with E-state index in [1.54, 1.807) is 36.4 Å². The molecule has 0 fully saturated rings. The Balaban J connectivity index is 1.70. The van der Waals surface area contributed by atoms with Crippen LogP contribution in [-0.2, 0) is 14.8 Å². The number of anilines is 2. The number of sulfonamides is 1. The largest absolute Gasteiger partial charge is 0.476 e. The van der Waals surface area contributed by atoms with Gasteiger partial charge in [-0.1, -0.05) is 35.9 Å². The van der Waals surface area contributed by atoms with Gasteiger partial charge < -0.3 is 10.1 Å². The van der Waals surface area contributed by atoms with E-state index < -0.39 is 22.0 Å². The van der Waals surface area contributed by atoms with E-state index in [0.29, 0.717) is 17.1 Å². The van der Waals surface area contributed by atoms with Crippen LogP contribution in [0, 0.1) is 27.7 Å². The highest BCUT2D eigenvalue weighted by Gasteiger charge is 2.37. The molecule has 0 aromatic heterocycles. The van der Waals surface area contributed by atoms with Crippen molar-refractivity contribution >= 4 is 27.3 Å². The summed E-state index contributed by atoms with van der Waals surface area (Å²) < 4.78 is 34.3. The zero-order valence-corrected chi connectivity index (χ0v) is 19.4. The quantitative estimate of drug-likeness (QED) is 0.634. The van der Waals surface area contributed by atoms with E-state index in [-0.39, 0.29) is 11.4 Å². The third-order valence-electron chi connectivity index (χ3n) is 5.54. The minimum Gasteiger partial charge on any atom is -0.476 e. The normalized spacial score (nSPS) is 15.6. The molecule has 7 heteroatoms. The van der Waals surface area contributed by atoms with Crippen LogP contribution in [0.15, 0.2) is 65.6 Å². The summed E-state index contributed by atoms with van der Waals surface area (Å²) in [5, 5.41) is 2.90. The SMILES string of the molecule is Cc1ccc(S(=O)(=O)N2C[C@@H](C(=O)Nc3cc(C)ccc3C)Oc3ccc(C)cc32)cc1. The van der Waals surface area contributed by atoms with Gasteiger partial charge in [0.05, 0.1) is 17.1 Å². The van der Waals surface area contributed by atoms with E-state index in [1.807, 2.05) is 52.0 Å². The average Bonchev–Trinajstić information content (AvgIpc) is 2.75. The minimum atomic E-state index is -3.89. The van der Waals surface area contributed by atoms with Gasteiger partial charge in [0.1, 0.15) is 5.75 Å². The molecule has 1 N–H and O–H groups in total. The zero-order valence-electron chi connectivity index (χ0n) is 18.5.